The van der Waals surface area contributed by atoms with Gasteiger partial charge in [-0.3, -0.25) is 0 Å². The summed E-state index contributed by atoms with van der Waals surface area (Å²) >= 11 is 0. The lowest BCUT2D eigenvalue weighted by Gasteiger charge is -2.42. The van der Waals surface area contributed by atoms with Crippen LogP contribution in [0.1, 0.15) is 44.4 Å². The molecule has 1 heterocycles. The Bertz CT molecular complexity index is 746. The molecule has 0 unspecified atom stereocenters. The smallest absolute Gasteiger partial charge is 0.193 e. The average molecular weight is 355 g/mol. The van der Waals surface area contributed by atoms with Crippen molar-refractivity contribution in [3.05, 3.63) is 65.2 Å². The lowest BCUT2D eigenvalue weighted by Crippen LogP contribution is -2.48. The highest BCUT2D eigenvalue weighted by atomic mass is 28.4. The lowest BCUT2D eigenvalue weighted by molar-refractivity contribution is 0.0465. The first-order valence-corrected chi connectivity index (χ1v) is 12.0. The number of fused-ring (bicyclic) bond motifs is 1. The third kappa shape index (κ3) is 3.68. The summed E-state index contributed by atoms with van der Waals surface area (Å²) in [5, 5.41) is 0.181. The first-order chi connectivity index (χ1) is 11.6. The predicted octanol–water partition coefficient (Wildman–Crippen LogP) is 5.91. The van der Waals surface area contributed by atoms with E-state index >= 15 is 0 Å². The Morgan fingerprint density at radius 1 is 1.04 bits per heavy atom. The SMILES string of the molecule is CC(C)(C)[Si](C)(C)O[C@@]1(C)COc2ccc(Cc3ccccc3)cc21. The fourth-order valence-corrected chi connectivity index (χ4v) is 4.75. The molecule has 2 aromatic rings. The molecule has 0 aliphatic carbocycles. The van der Waals surface area contributed by atoms with E-state index in [0.29, 0.717) is 6.61 Å². The van der Waals surface area contributed by atoms with Crippen molar-refractivity contribution >= 4 is 8.32 Å². The van der Waals surface area contributed by atoms with E-state index in [1.54, 1.807) is 0 Å². The average Bonchev–Trinajstić information content (AvgIpc) is 2.83. The van der Waals surface area contributed by atoms with Gasteiger partial charge in [0.1, 0.15) is 18.0 Å². The van der Waals surface area contributed by atoms with Crippen LogP contribution in [0.15, 0.2) is 48.5 Å². The molecule has 2 nitrogen and oxygen atoms in total. The van der Waals surface area contributed by atoms with Crippen LogP contribution in [0.2, 0.25) is 18.1 Å². The monoisotopic (exact) mass is 354 g/mol. The number of ether oxygens (including phenoxy) is 1. The number of hydrogen-bond donors (Lipinski definition) is 0. The quantitative estimate of drug-likeness (QED) is 0.636. The van der Waals surface area contributed by atoms with Crippen molar-refractivity contribution in [2.75, 3.05) is 6.61 Å². The molecular formula is C22H30O2Si. The second kappa shape index (κ2) is 6.29. The summed E-state index contributed by atoms with van der Waals surface area (Å²) < 4.78 is 12.8. The highest BCUT2D eigenvalue weighted by molar-refractivity contribution is 6.74. The fraction of sp³-hybridized carbons (Fsp3) is 0.455. The molecule has 0 aromatic heterocycles. The molecule has 1 aliphatic heterocycles. The third-order valence-corrected chi connectivity index (χ3v) is 10.2. The molecule has 3 heteroatoms. The van der Waals surface area contributed by atoms with Gasteiger partial charge in [0.25, 0.3) is 0 Å². The normalized spacial score (nSPS) is 20.2. The third-order valence-electron chi connectivity index (χ3n) is 5.65. The Morgan fingerprint density at radius 2 is 1.72 bits per heavy atom. The number of rotatable bonds is 4. The van der Waals surface area contributed by atoms with Gasteiger partial charge in [-0.15, -0.1) is 0 Å². The van der Waals surface area contributed by atoms with Crippen molar-refractivity contribution in [2.45, 2.75) is 57.8 Å². The molecule has 25 heavy (non-hydrogen) atoms. The van der Waals surface area contributed by atoms with Crippen LogP contribution >= 0.6 is 0 Å². The zero-order valence-corrected chi connectivity index (χ0v) is 17.3. The van der Waals surface area contributed by atoms with E-state index in [1.165, 1.54) is 16.7 Å². The molecule has 0 saturated heterocycles. The summed E-state index contributed by atoms with van der Waals surface area (Å²) in [5.74, 6) is 0.970. The van der Waals surface area contributed by atoms with Crippen LogP contribution in [0.5, 0.6) is 5.75 Å². The van der Waals surface area contributed by atoms with Crippen molar-refractivity contribution in [3.8, 4) is 5.75 Å². The fourth-order valence-electron chi connectivity index (χ4n) is 3.15. The van der Waals surface area contributed by atoms with Crippen molar-refractivity contribution in [3.63, 3.8) is 0 Å². The maximum atomic E-state index is 6.80. The van der Waals surface area contributed by atoms with Crippen molar-refractivity contribution in [2.24, 2.45) is 0 Å². The summed E-state index contributed by atoms with van der Waals surface area (Å²) in [7, 11) is -1.88. The predicted molar refractivity (Wildman–Crippen MR) is 107 cm³/mol. The minimum Gasteiger partial charge on any atom is -0.490 e. The van der Waals surface area contributed by atoms with Gasteiger partial charge in [0.15, 0.2) is 8.32 Å². The van der Waals surface area contributed by atoms with Gasteiger partial charge in [-0.2, -0.15) is 0 Å². The Morgan fingerprint density at radius 3 is 2.36 bits per heavy atom. The summed E-state index contributed by atoms with van der Waals surface area (Å²) in [4.78, 5) is 0. The van der Waals surface area contributed by atoms with Gasteiger partial charge >= 0.3 is 0 Å². The van der Waals surface area contributed by atoms with Gasteiger partial charge in [-0.05, 0) is 54.7 Å². The van der Waals surface area contributed by atoms with E-state index in [1.807, 2.05) is 0 Å². The second-order valence-corrected chi connectivity index (χ2v) is 13.6. The van der Waals surface area contributed by atoms with E-state index in [-0.39, 0.29) is 10.6 Å². The topological polar surface area (TPSA) is 18.5 Å². The summed E-state index contributed by atoms with van der Waals surface area (Å²) in [6.45, 7) is 14.3. The molecular weight excluding hydrogens is 324 g/mol. The molecule has 0 N–H and O–H groups in total. The van der Waals surface area contributed by atoms with Gasteiger partial charge in [-0.1, -0.05) is 57.2 Å². The molecule has 134 valence electrons. The highest BCUT2D eigenvalue weighted by Crippen LogP contribution is 2.46. The van der Waals surface area contributed by atoms with Gasteiger partial charge in [0, 0.05) is 5.56 Å². The molecule has 2 aromatic carbocycles. The molecule has 0 saturated carbocycles. The lowest BCUT2D eigenvalue weighted by atomic mass is 9.94. The van der Waals surface area contributed by atoms with Gasteiger partial charge in [0.2, 0.25) is 0 Å². The standard InChI is InChI=1S/C22H30O2Si/c1-21(2,3)25(5,6)24-22(4)16-23-20-13-12-18(15-19(20)22)14-17-10-8-7-9-11-17/h7-13,15H,14,16H2,1-6H3/t22-/m0/s1. The maximum Gasteiger partial charge on any atom is 0.193 e. The van der Waals surface area contributed by atoms with Crippen molar-refractivity contribution < 1.29 is 9.16 Å². The Kier molecular flexibility index (Phi) is 4.59. The zero-order chi connectivity index (χ0) is 18.3. The summed E-state index contributed by atoms with van der Waals surface area (Å²) in [6.07, 6.45) is 0.935. The van der Waals surface area contributed by atoms with Gasteiger partial charge < -0.3 is 9.16 Å². The maximum absolute atomic E-state index is 6.80. The molecule has 0 bridgehead atoms. The van der Waals surface area contributed by atoms with Crippen LogP contribution in [0, 0.1) is 0 Å². The van der Waals surface area contributed by atoms with Crippen LogP contribution in [0.3, 0.4) is 0 Å². The van der Waals surface area contributed by atoms with Crippen LogP contribution in [0.4, 0.5) is 0 Å². The van der Waals surface area contributed by atoms with E-state index in [9.17, 15) is 0 Å². The second-order valence-electron chi connectivity index (χ2n) is 8.87. The van der Waals surface area contributed by atoms with Crippen molar-refractivity contribution in [1.29, 1.82) is 0 Å². The molecule has 3 rings (SSSR count). The van der Waals surface area contributed by atoms with Crippen molar-refractivity contribution in [1.82, 2.24) is 0 Å². The van der Waals surface area contributed by atoms with Crippen LogP contribution in [-0.2, 0) is 16.4 Å². The Hall–Kier alpha value is -1.58. The summed E-state index contributed by atoms with van der Waals surface area (Å²) in [6, 6.07) is 17.2. The Balaban J connectivity index is 1.89. The molecule has 0 amide bonds. The minimum absolute atomic E-state index is 0.181. The van der Waals surface area contributed by atoms with E-state index in [0.717, 1.165) is 12.2 Å². The minimum atomic E-state index is -1.88. The Labute approximate surface area is 153 Å². The molecule has 0 fully saturated rings. The molecule has 1 atom stereocenters. The van der Waals surface area contributed by atoms with E-state index < -0.39 is 8.32 Å². The van der Waals surface area contributed by atoms with E-state index in [2.05, 4.69) is 89.3 Å². The van der Waals surface area contributed by atoms with Crippen LogP contribution < -0.4 is 4.74 Å². The van der Waals surface area contributed by atoms with Crippen LogP contribution in [-0.4, -0.2) is 14.9 Å². The number of hydrogen-bond acceptors (Lipinski definition) is 2. The largest absolute Gasteiger partial charge is 0.490 e. The molecule has 0 spiro atoms. The van der Waals surface area contributed by atoms with Crippen LogP contribution in [0.25, 0.3) is 0 Å². The van der Waals surface area contributed by atoms with E-state index in [4.69, 9.17) is 9.16 Å². The highest BCUT2D eigenvalue weighted by Gasteiger charge is 2.47. The van der Waals surface area contributed by atoms with Gasteiger partial charge in [0.05, 0.1) is 0 Å². The van der Waals surface area contributed by atoms with Gasteiger partial charge in [-0.25, -0.2) is 0 Å². The first-order valence-electron chi connectivity index (χ1n) is 9.11. The molecule has 0 radical (unpaired) electrons. The molecule has 1 aliphatic rings. The summed E-state index contributed by atoms with van der Waals surface area (Å²) in [5.41, 5.74) is 3.48. The first kappa shape index (κ1) is 18.2. The zero-order valence-electron chi connectivity index (χ0n) is 16.3. The number of benzene rings is 2.